The SMILES string of the molecule is [CH]1CC=CCCC=CCCCCCC1. The van der Waals surface area contributed by atoms with Crippen LogP contribution in [0.5, 0.6) is 0 Å². The van der Waals surface area contributed by atoms with E-state index < -0.39 is 0 Å². The normalized spacial score (nSPS) is 21.7. The fourth-order valence-corrected chi connectivity index (χ4v) is 1.76. The van der Waals surface area contributed by atoms with Crippen molar-refractivity contribution in [1.82, 2.24) is 0 Å². The Balaban J connectivity index is 2.17. The first-order chi connectivity index (χ1) is 7.00. The van der Waals surface area contributed by atoms with Crippen LogP contribution in [-0.2, 0) is 0 Å². The van der Waals surface area contributed by atoms with Gasteiger partial charge in [-0.05, 0) is 44.9 Å². The molecule has 0 aromatic carbocycles. The molecule has 0 fully saturated rings. The molecular weight excluding hydrogens is 168 g/mol. The van der Waals surface area contributed by atoms with E-state index in [1.165, 1.54) is 57.8 Å². The molecule has 0 heteroatoms. The summed E-state index contributed by atoms with van der Waals surface area (Å²) < 4.78 is 0. The van der Waals surface area contributed by atoms with Crippen molar-refractivity contribution in [2.45, 2.75) is 57.8 Å². The lowest BCUT2D eigenvalue weighted by molar-refractivity contribution is 0.638. The van der Waals surface area contributed by atoms with E-state index in [1.807, 2.05) is 0 Å². The molecule has 0 saturated carbocycles. The van der Waals surface area contributed by atoms with E-state index in [1.54, 1.807) is 0 Å². The molecule has 0 atom stereocenters. The lowest BCUT2D eigenvalue weighted by Gasteiger charge is -2.00. The summed E-state index contributed by atoms with van der Waals surface area (Å²) in [6.45, 7) is 0. The lowest BCUT2D eigenvalue weighted by Crippen LogP contribution is -1.81. The minimum atomic E-state index is 1.17. The van der Waals surface area contributed by atoms with Gasteiger partial charge in [-0.1, -0.05) is 43.6 Å². The highest BCUT2D eigenvalue weighted by Gasteiger charge is 1.90. The van der Waals surface area contributed by atoms with E-state index in [-0.39, 0.29) is 0 Å². The van der Waals surface area contributed by atoms with Crippen LogP contribution in [0.25, 0.3) is 0 Å². The molecule has 0 unspecified atom stereocenters. The summed E-state index contributed by atoms with van der Waals surface area (Å²) in [5, 5.41) is 0. The van der Waals surface area contributed by atoms with E-state index >= 15 is 0 Å². The molecular formula is C14H23. The van der Waals surface area contributed by atoms with Gasteiger partial charge in [0.05, 0.1) is 0 Å². The van der Waals surface area contributed by atoms with E-state index in [0.717, 1.165) is 0 Å². The highest BCUT2D eigenvalue weighted by Crippen LogP contribution is 2.09. The zero-order valence-electron chi connectivity index (χ0n) is 9.25. The molecule has 0 spiro atoms. The van der Waals surface area contributed by atoms with Gasteiger partial charge in [0.15, 0.2) is 0 Å². The van der Waals surface area contributed by atoms with E-state index in [4.69, 9.17) is 0 Å². The van der Waals surface area contributed by atoms with Crippen molar-refractivity contribution in [2.75, 3.05) is 0 Å². The van der Waals surface area contributed by atoms with Gasteiger partial charge in [0.1, 0.15) is 0 Å². The molecule has 1 aliphatic rings. The monoisotopic (exact) mass is 191 g/mol. The second kappa shape index (κ2) is 9.05. The molecule has 0 bridgehead atoms. The number of hydrogen-bond acceptors (Lipinski definition) is 0. The van der Waals surface area contributed by atoms with Crippen LogP contribution in [0, 0.1) is 6.42 Å². The molecule has 0 nitrogen and oxygen atoms in total. The predicted octanol–water partition coefficient (Wildman–Crippen LogP) is 4.83. The third-order valence-electron chi connectivity index (χ3n) is 2.67. The molecule has 0 aliphatic heterocycles. The molecule has 0 aromatic heterocycles. The van der Waals surface area contributed by atoms with Crippen molar-refractivity contribution in [1.29, 1.82) is 0 Å². The maximum atomic E-state index is 2.41. The highest BCUT2D eigenvalue weighted by atomic mass is 14.0. The molecule has 1 rings (SSSR count). The smallest absolute Gasteiger partial charge is 0.0316 e. The Morgan fingerprint density at radius 1 is 0.500 bits per heavy atom. The summed E-state index contributed by atoms with van der Waals surface area (Å²) in [5.74, 6) is 0. The van der Waals surface area contributed by atoms with Gasteiger partial charge < -0.3 is 0 Å². The topological polar surface area (TPSA) is 0 Å². The molecule has 1 radical (unpaired) electrons. The molecule has 14 heavy (non-hydrogen) atoms. The van der Waals surface area contributed by atoms with Crippen LogP contribution < -0.4 is 0 Å². The van der Waals surface area contributed by atoms with Crippen LogP contribution in [0.2, 0.25) is 0 Å². The van der Waals surface area contributed by atoms with Gasteiger partial charge in [-0.25, -0.2) is 0 Å². The second-order valence-corrected chi connectivity index (χ2v) is 4.04. The first kappa shape index (κ1) is 11.6. The third kappa shape index (κ3) is 6.94. The van der Waals surface area contributed by atoms with Crippen LogP contribution in [0.15, 0.2) is 24.3 Å². The largest absolute Gasteiger partial charge is 0.0885 e. The molecule has 0 heterocycles. The Labute approximate surface area is 89.1 Å². The van der Waals surface area contributed by atoms with Gasteiger partial charge in [0.2, 0.25) is 0 Å². The minimum Gasteiger partial charge on any atom is -0.0885 e. The van der Waals surface area contributed by atoms with E-state index in [2.05, 4.69) is 30.7 Å². The molecule has 1 aliphatic carbocycles. The summed E-state index contributed by atoms with van der Waals surface area (Å²) in [4.78, 5) is 0. The van der Waals surface area contributed by atoms with Gasteiger partial charge in [-0.15, -0.1) is 0 Å². The van der Waals surface area contributed by atoms with Crippen LogP contribution in [-0.4, -0.2) is 0 Å². The Hall–Kier alpha value is -0.520. The zero-order valence-corrected chi connectivity index (χ0v) is 9.25. The lowest BCUT2D eigenvalue weighted by atomic mass is 10.1. The first-order valence-electron chi connectivity index (χ1n) is 6.12. The molecule has 79 valence electrons. The Morgan fingerprint density at radius 3 is 2.00 bits per heavy atom. The summed E-state index contributed by atoms with van der Waals surface area (Å²) in [7, 11) is 0. The zero-order chi connectivity index (χ0) is 9.90. The number of hydrogen-bond donors (Lipinski definition) is 0. The van der Waals surface area contributed by atoms with Crippen molar-refractivity contribution in [3.05, 3.63) is 30.7 Å². The van der Waals surface area contributed by atoms with Crippen molar-refractivity contribution >= 4 is 0 Å². The Morgan fingerprint density at radius 2 is 1.14 bits per heavy atom. The van der Waals surface area contributed by atoms with Crippen LogP contribution in [0.4, 0.5) is 0 Å². The van der Waals surface area contributed by atoms with Gasteiger partial charge in [-0.2, -0.15) is 0 Å². The summed E-state index contributed by atoms with van der Waals surface area (Å²) in [5.41, 5.74) is 0. The maximum absolute atomic E-state index is 2.41. The van der Waals surface area contributed by atoms with Gasteiger partial charge in [0, 0.05) is 0 Å². The number of allylic oxidation sites excluding steroid dienone is 4. The number of rotatable bonds is 0. The van der Waals surface area contributed by atoms with E-state index in [9.17, 15) is 0 Å². The summed E-state index contributed by atoms with van der Waals surface area (Å²) in [6.07, 6.45) is 23.5. The fraction of sp³-hybridized carbons (Fsp3) is 0.643. The van der Waals surface area contributed by atoms with Gasteiger partial charge in [0.25, 0.3) is 0 Å². The quantitative estimate of drug-likeness (QED) is 0.481. The second-order valence-electron chi connectivity index (χ2n) is 4.04. The molecule has 0 N–H and O–H groups in total. The van der Waals surface area contributed by atoms with Crippen molar-refractivity contribution in [3.63, 3.8) is 0 Å². The van der Waals surface area contributed by atoms with Crippen LogP contribution >= 0.6 is 0 Å². The van der Waals surface area contributed by atoms with Crippen molar-refractivity contribution < 1.29 is 0 Å². The Kier molecular flexibility index (Phi) is 7.47. The van der Waals surface area contributed by atoms with Crippen molar-refractivity contribution in [2.24, 2.45) is 0 Å². The third-order valence-corrected chi connectivity index (χ3v) is 2.67. The first-order valence-corrected chi connectivity index (χ1v) is 6.12. The highest BCUT2D eigenvalue weighted by molar-refractivity contribution is 4.90. The molecule has 0 amide bonds. The predicted molar refractivity (Wildman–Crippen MR) is 64.1 cm³/mol. The molecule has 0 aromatic rings. The Bertz CT molecular complexity index is 145. The fourth-order valence-electron chi connectivity index (χ4n) is 1.76. The van der Waals surface area contributed by atoms with Crippen LogP contribution in [0.1, 0.15) is 57.8 Å². The van der Waals surface area contributed by atoms with Gasteiger partial charge in [-0.3, -0.25) is 0 Å². The summed E-state index contributed by atoms with van der Waals surface area (Å²) in [6, 6.07) is 0. The van der Waals surface area contributed by atoms with E-state index in [0.29, 0.717) is 0 Å². The standard InChI is InChI=1S/C14H23/c1-2-4-6-8-10-12-14-13-11-9-7-5-3-1/h1-2,5,8,10H,3-4,6-7,9,11-14H2. The van der Waals surface area contributed by atoms with Gasteiger partial charge >= 0.3 is 0 Å². The summed E-state index contributed by atoms with van der Waals surface area (Å²) >= 11 is 0. The van der Waals surface area contributed by atoms with Crippen LogP contribution in [0.3, 0.4) is 0 Å². The maximum Gasteiger partial charge on any atom is -0.0316 e. The molecule has 0 saturated heterocycles. The average molecular weight is 191 g/mol. The minimum absolute atomic E-state index is 1.17. The average Bonchev–Trinajstić information content (AvgIpc) is 2.22. The van der Waals surface area contributed by atoms with Crippen molar-refractivity contribution in [3.8, 4) is 0 Å².